The van der Waals surface area contributed by atoms with Crippen LogP contribution in [0.25, 0.3) is 6.08 Å². The van der Waals surface area contributed by atoms with Gasteiger partial charge in [-0.1, -0.05) is 24.3 Å². The van der Waals surface area contributed by atoms with Crippen molar-refractivity contribution in [3.63, 3.8) is 0 Å². The van der Waals surface area contributed by atoms with E-state index in [4.69, 9.17) is 0 Å². The number of carbonyl (C=O) groups is 1. The molecule has 0 spiro atoms. The van der Waals surface area contributed by atoms with Crippen LogP contribution >= 0.6 is 0 Å². The van der Waals surface area contributed by atoms with Gasteiger partial charge in [0.1, 0.15) is 5.76 Å². The van der Waals surface area contributed by atoms with E-state index in [0.717, 1.165) is 11.1 Å². The zero-order chi connectivity index (χ0) is 11.8. The van der Waals surface area contributed by atoms with E-state index in [0.29, 0.717) is 0 Å². The Balaban J connectivity index is 2.10. The highest BCUT2D eigenvalue weighted by Gasteiger charge is 2.42. The van der Waals surface area contributed by atoms with Crippen molar-refractivity contribution in [3.8, 4) is 0 Å². The number of benzene rings is 1. The molecular weight excluding hydrogens is 221 g/mol. The predicted molar refractivity (Wildman–Crippen MR) is 50.3 cm³/mol. The molecule has 0 fully saturated rings. The maximum atomic E-state index is 11.9. The molecule has 0 radical (unpaired) electrons. The molecule has 0 unspecified atom stereocenters. The first-order chi connectivity index (χ1) is 7.47. The zero-order valence-electron chi connectivity index (χ0n) is 8.04. The molecule has 0 aliphatic heterocycles. The zero-order valence-corrected chi connectivity index (χ0v) is 8.04. The lowest BCUT2D eigenvalue weighted by molar-refractivity contribution is -0.195. The number of rotatable bonds is 1. The standard InChI is InChI=1S/C11H7F3O2/c12-11(13,14)10(15)16-9-5-7-3-1-2-4-8(7)6-9/h1-5H,6H2. The van der Waals surface area contributed by atoms with Gasteiger partial charge in [-0.15, -0.1) is 0 Å². The molecule has 0 aromatic heterocycles. The van der Waals surface area contributed by atoms with Crippen molar-refractivity contribution in [3.05, 3.63) is 41.2 Å². The Kier molecular flexibility index (Phi) is 2.46. The van der Waals surface area contributed by atoms with Crippen LogP contribution in [-0.2, 0) is 16.0 Å². The summed E-state index contributed by atoms with van der Waals surface area (Å²) in [7, 11) is 0. The summed E-state index contributed by atoms with van der Waals surface area (Å²) in [4.78, 5) is 10.6. The fourth-order valence-corrected chi connectivity index (χ4v) is 1.49. The third-order valence-electron chi connectivity index (χ3n) is 2.19. The summed E-state index contributed by atoms with van der Waals surface area (Å²) in [6, 6.07) is 7.08. The predicted octanol–water partition coefficient (Wildman–Crippen LogP) is 2.69. The summed E-state index contributed by atoms with van der Waals surface area (Å²) in [6.45, 7) is 0. The molecule has 5 heteroatoms. The van der Waals surface area contributed by atoms with Gasteiger partial charge < -0.3 is 4.74 Å². The Morgan fingerprint density at radius 3 is 2.56 bits per heavy atom. The third-order valence-corrected chi connectivity index (χ3v) is 2.19. The maximum Gasteiger partial charge on any atom is 0.491 e. The van der Waals surface area contributed by atoms with Gasteiger partial charge in [-0.05, 0) is 17.2 Å². The first kappa shape index (κ1) is 10.7. The molecule has 84 valence electrons. The monoisotopic (exact) mass is 228 g/mol. The highest BCUT2D eigenvalue weighted by molar-refractivity contribution is 5.78. The van der Waals surface area contributed by atoms with Gasteiger partial charge in [0.25, 0.3) is 0 Å². The lowest BCUT2D eigenvalue weighted by atomic mass is 10.1. The van der Waals surface area contributed by atoms with Gasteiger partial charge in [0.05, 0.1) is 0 Å². The Hall–Kier alpha value is -1.78. The second-order valence-corrected chi connectivity index (χ2v) is 3.37. The molecule has 0 saturated heterocycles. The second-order valence-electron chi connectivity index (χ2n) is 3.37. The molecular formula is C11H7F3O2. The van der Waals surface area contributed by atoms with Crippen LogP contribution in [0, 0.1) is 0 Å². The Bertz CT molecular complexity index is 461. The van der Waals surface area contributed by atoms with Crippen LogP contribution < -0.4 is 0 Å². The lowest BCUT2D eigenvalue weighted by Crippen LogP contribution is -2.25. The first-order valence-electron chi connectivity index (χ1n) is 4.54. The number of hydrogen-bond acceptors (Lipinski definition) is 2. The van der Waals surface area contributed by atoms with Gasteiger partial charge in [-0.3, -0.25) is 0 Å². The number of ether oxygens (including phenoxy) is 1. The van der Waals surface area contributed by atoms with Crippen LogP contribution in [-0.4, -0.2) is 12.1 Å². The summed E-state index contributed by atoms with van der Waals surface area (Å²) >= 11 is 0. The van der Waals surface area contributed by atoms with Crippen LogP contribution in [0.15, 0.2) is 30.0 Å². The minimum Gasteiger partial charge on any atom is -0.424 e. The molecule has 0 heterocycles. The highest BCUT2D eigenvalue weighted by atomic mass is 19.4. The summed E-state index contributed by atoms with van der Waals surface area (Å²) < 4.78 is 40.0. The van der Waals surface area contributed by atoms with Gasteiger partial charge in [0, 0.05) is 6.42 Å². The molecule has 2 rings (SSSR count). The molecule has 16 heavy (non-hydrogen) atoms. The number of hydrogen-bond donors (Lipinski definition) is 0. The van der Waals surface area contributed by atoms with Gasteiger partial charge in [0.15, 0.2) is 0 Å². The van der Waals surface area contributed by atoms with Crippen molar-refractivity contribution in [1.82, 2.24) is 0 Å². The fraction of sp³-hybridized carbons (Fsp3) is 0.182. The lowest BCUT2D eigenvalue weighted by Gasteiger charge is -2.06. The minimum atomic E-state index is -4.95. The van der Waals surface area contributed by atoms with Gasteiger partial charge in [0.2, 0.25) is 0 Å². The van der Waals surface area contributed by atoms with E-state index in [2.05, 4.69) is 4.74 Å². The van der Waals surface area contributed by atoms with Crippen molar-refractivity contribution < 1.29 is 22.7 Å². The Morgan fingerprint density at radius 2 is 1.94 bits per heavy atom. The molecule has 1 aromatic carbocycles. The van der Waals surface area contributed by atoms with Crippen molar-refractivity contribution >= 4 is 12.0 Å². The average molecular weight is 228 g/mol. The van der Waals surface area contributed by atoms with Crippen LogP contribution in [0.2, 0.25) is 0 Å². The minimum absolute atomic E-state index is 0.0310. The van der Waals surface area contributed by atoms with Crippen LogP contribution in [0.3, 0.4) is 0 Å². The van der Waals surface area contributed by atoms with Crippen LogP contribution in [0.1, 0.15) is 11.1 Å². The topological polar surface area (TPSA) is 26.3 Å². The first-order valence-corrected chi connectivity index (χ1v) is 4.54. The van der Waals surface area contributed by atoms with E-state index < -0.39 is 12.1 Å². The third kappa shape index (κ3) is 2.08. The van der Waals surface area contributed by atoms with Gasteiger partial charge in [-0.2, -0.15) is 13.2 Å². The van der Waals surface area contributed by atoms with E-state index in [-0.39, 0.29) is 12.2 Å². The molecule has 1 aromatic rings. The fourth-order valence-electron chi connectivity index (χ4n) is 1.49. The van der Waals surface area contributed by atoms with Crippen molar-refractivity contribution in [1.29, 1.82) is 0 Å². The Labute approximate surface area is 89.3 Å². The number of carbonyl (C=O) groups excluding carboxylic acids is 1. The quantitative estimate of drug-likeness (QED) is 0.691. The van der Waals surface area contributed by atoms with E-state index in [1.807, 2.05) is 0 Å². The van der Waals surface area contributed by atoms with Crippen LogP contribution in [0.5, 0.6) is 0 Å². The summed E-state index contributed by atoms with van der Waals surface area (Å²) in [5.41, 5.74) is 1.64. The van der Waals surface area contributed by atoms with E-state index >= 15 is 0 Å². The number of halogens is 3. The molecule has 0 N–H and O–H groups in total. The number of alkyl halides is 3. The average Bonchev–Trinajstić information content (AvgIpc) is 2.58. The van der Waals surface area contributed by atoms with Gasteiger partial charge in [-0.25, -0.2) is 4.79 Å². The number of esters is 1. The molecule has 0 atom stereocenters. The summed E-state index contributed by atoms with van der Waals surface area (Å²) in [5.74, 6) is -2.14. The normalized spacial score (nSPS) is 14.3. The highest BCUT2D eigenvalue weighted by Crippen LogP contribution is 2.27. The molecule has 1 aliphatic carbocycles. The molecule has 0 amide bonds. The number of fused-ring (bicyclic) bond motifs is 1. The van der Waals surface area contributed by atoms with Crippen LogP contribution in [0.4, 0.5) is 13.2 Å². The summed E-state index contributed by atoms with van der Waals surface area (Å²) in [5, 5.41) is 0. The SMILES string of the molecule is O=C(OC1=Cc2ccccc2C1)C(F)(F)F. The molecule has 0 bridgehead atoms. The largest absolute Gasteiger partial charge is 0.491 e. The number of allylic oxidation sites excluding steroid dienone is 1. The van der Waals surface area contributed by atoms with Crippen molar-refractivity contribution in [2.24, 2.45) is 0 Å². The summed E-state index contributed by atoms with van der Waals surface area (Å²) in [6.07, 6.45) is -3.29. The van der Waals surface area contributed by atoms with E-state index in [1.165, 1.54) is 6.08 Å². The van der Waals surface area contributed by atoms with E-state index in [1.54, 1.807) is 24.3 Å². The smallest absolute Gasteiger partial charge is 0.424 e. The van der Waals surface area contributed by atoms with Crippen molar-refractivity contribution in [2.45, 2.75) is 12.6 Å². The second kappa shape index (κ2) is 3.66. The Morgan fingerprint density at radius 1 is 1.25 bits per heavy atom. The molecule has 2 nitrogen and oxygen atoms in total. The molecule has 1 aliphatic rings. The maximum absolute atomic E-state index is 11.9. The van der Waals surface area contributed by atoms with E-state index in [9.17, 15) is 18.0 Å². The van der Waals surface area contributed by atoms with Gasteiger partial charge >= 0.3 is 12.1 Å². The molecule has 0 saturated carbocycles. The van der Waals surface area contributed by atoms with Crippen molar-refractivity contribution in [2.75, 3.05) is 0 Å².